The summed E-state index contributed by atoms with van der Waals surface area (Å²) < 4.78 is 0. The van der Waals surface area contributed by atoms with E-state index in [9.17, 15) is 0 Å². The molecule has 1 rings (SSSR count). The van der Waals surface area contributed by atoms with Crippen LogP contribution in [0.15, 0.2) is 12.2 Å². The standard InChI is InChI=1S/C12H23N/c1-11(2)13-10-6-4-3-5-7-12-8-9-12/h3-4,11-13H,5-10H2,1-2H3. The average molecular weight is 181 g/mol. The molecule has 0 radical (unpaired) electrons. The first-order valence-corrected chi connectivity index (χ1v) is 5.67. The lowest BCUT2D eigenvalue weighted by Crippen LogP contribution is -2.23. The molecule has 1 fully saturated rings. The van der Waals surface area contributed by atoms with Crippen LogP contribution in [0.3, 0.4) is 0 Å². The van der Waals surface area contributed by atoms with Crippen molar-refractivity contribution >= 4 is 0 Å². The fourth-order valence-electron chi connectivity index (χ4n) is 1.43. The molecule has 1 aliphatic rings. The van der Waals surface area contributed by atoms with E-state index in [-0.39, 0.29) is 0 Å². The molecule has 1 nitrogen and oxygen atoms in total. The van der Waals surface area contributed by atoms with Crippen molar-refractivity contribution in [2.45, 2.75) is 52.0 Å². The molecule has 1 N–H and O–H groups in total. The van der Waals surface area contributed by atoms with Crippen molar-refractivity contribution in [3.05, 3.63) is 12.2 Å². The minimum absolute atomic E-state index is 0.625. The average Bonchev–Trinajstić information content (AvgIpc) is 2.86. The van der Waals surface area contributed by atoms with Gasteiger partial charge in [0.15, 0.2) is 0 Å². The van der Waals surface area contributed by atoms with Crippen molar-refractivity contribution in [3.8, 4) is 0 Å². The summed E-state index contributed by atoms with van der Waals surface area (Å²) in [5.74, 6) is 1.08. The molecule has 0 aromatic heterocycles. The van der Waals surface area contributed by atoms with E-state index in [0.29, 0.717) is 6.04 Å². The molecule has 0 saturated heterocycles. The van der Waals surface area contributed by atoms with Crippen molar-refractivity contribution in [3.63, 3.8) is 0 Å². The number of rotatable bonds is 7. The predicted octanol–water partition coefficient (Wildman–Crippen LogP) is 3.12. The smallest absolute Gasteiger partial charge is 0.00105 e. The van der Waals surface area contributed by atoms with E-state index in [1.54, 1.807) is 0 Å². The topological polar surface area (TPSA) is 12.0 Å². The van der Waals surface area contributed by atoms with Gasteiger partial charge in [-0.25, -0.2) is 0 Å². The van der Waals surface area contributed by atoms with Crippen molar-refractivity contribution < 1.29 is 0 Å². The van der Waals surface area contributed by atoms with Crippen LogP contribution in [0.1, 0.15) is 46.0 Å². The summed E-state index contributed by atoms with van der Waals surface area (Å²) in [7, 11) is 0. The number of hydrogen-bond donors (Lipinski definition) is 1. The summed E-state index contributed by atoms with van der Waals surface area (Å²) in [5, 5.41) is 3.41. The Morgan fingerprint density at radius 3 is 2.54 bits per heavy atom. The monoisotopic (exact) mass is 181 g/mol. The van der Waals surface area contributed by atoms with Gasteiger partial charge in [0.2, 0.25) is 0 Å². The fourth-order valence-corrected chi connectivity index (χ4v) is 1.43. The van der Waals surface area contributed by atoms with E-state index in [1.165, 1.54) is 32.1 Å². The van der Waals surface area contributed by atoms with Crippen LogP contribution in [0.5, 0.6) is 0 Å². The molecule has 1 heteroatoms. The summed E-state index contributed by atoms with van der Waals surface area (Å²) in [6, 6.07) is 0.625. The molecule has 1 saturated carbocycles. The number of allylic oxidation sites excluding steroid dienone is 1. The minimum atomic E-state index is 0.625. The second-order valence-corrected chi connectivity index (χ2v) is 4.39. The van der Waals surface area contributed by atoms with Gasteiger partial charge in [-0.3, -0.25) is 0 Å². The highest BCUT2D eigenvalue weighted by molar-refractivity contribution is 4.85. The Morgan fingerprint density at radius 2 is 1.92 bits per heavy atom. The highest BCUT2D eigenvalue weighted by atomic mass is 14.9. The van der Waals surface area contributed by atoms with E-state index in [1.807, 2.05) is 0 Å². The van der Waals surface area contributed by atoms with Gasteiger partial charge in [0, 0.05) is 6.04 Å². The lowest BCUT2D eigenvalue weighted by molar-refractivity contribution is 0.594. The first kappa shape index (κ1) is 10.8. The third-order valence-electron chi connectivity index (χ3n) is 2.47. The SMILES string of the molecule is CC(C)NCCC=CCCC1CC1. The Morgan fingerprint density at radius 1 is 1.23 bits per heavy atom. The molecule has 0 heterocycles. The van der Waals surface area contributed by atoms with Crippen LogP contribution in [0.4, 0.5) is 0 Å². The molecule has 0 aliphatic heterocycles. The van der Waals surface area contributed by atoms with Crippen molar-refractivity contribution in [1.29, 1.82) is 0 Å². The van der Waals surface area contributed by atoms with Crippen molar-refractivity contribution in [2.24, 2.45) is 5.92 Å². The van der Waals surface area contributed by atoms with Gasteiger partial charge in [0.05, 0.1) is 0 Å². The molecular formula is C12H23N. The maximum Gasteiger partial charge on any atom is 0.00105 e. The molecule has 0 spiro atoms. The van der Waals surface area contributed by atoms with Crippen LogP contribution in [-0.2, 0) is 0 Å². The lowest BCUT2D eigenvalue weighted by Gasteiger charge is -2.04. The van der Waals surface area contributed by atoms with Crippen molar-refractivity contribution in [1.82, 2.24) is 5.32 Å². The molecule has 0 unspecified atom stereocenters. The van der Waals surface area contributed by atoms with Crippen LogP contribution in [0, 0.1) is 5.92 Å². The molecule has 0 bridgehead atoms. The largest absolute Gasteiger partial charge is 0.314 e. The van der Waals surface area contributed by atoms with Gasteiger partial charge in [0.25, 0.3) is 0 Å². The zero-order valence-corrected chi connectivity index (χ0v) is 9.05. The van der Waals surface area contributed by atoms with E-state index in [4.69, 9.17) is 0 Å². The Balaban J connectivity index is 1.80. The van der Waals surface area contributed by atoms with Gasteiger partial charge in [-0.05, 0) is 31.7 Å². The molecule has 76 valence electrons. The van der Waals surface area contributed by atoms with Gasteiger partial charge in [-0.2, -0.15) is 0 Å². The summed E-state index contributed by atoms with van der Waals surface area (Å²) in [6.07, 6.45) is 11.5. The first-order valence-electron chi connectivity index (χ1n) is 5.67. The van der Waals surface area contributed by atoms with Gasteiger partial charge < -0.3 is 5.32 Å². The van der Waals surface area contributed by atoms with Crippen molar-refractivity contribution in [2.75, 3.05) is 6.54 Å². The number of hydrogen-bond acceptors (Lipinski definition) is 1. The molecule has 1 aliphatic carbocycles. The Bertz CT molecular complexity index is 145. The highest BCUT2D eigenvalue weighted by Gasteiger charge is 2.19. The quantitative estimate of drug-likeness (QED) is 0.470. The minimum Gasteiger partial charge on any atom is -0.314 e. The first-order chi connectivity index (χ1) is 6.29. The molecule has 13 heavy (non-hydrogen) atoms. The summed E-state index contributed by atoms with van der Waals surface area (Å²) in [6.45, 7) is 5.51. The zero-order chi connectivity index (χ0) is 9.52. The normalized spacial score (nSPS) is 17.5. The van der Waals surface area contributed by atoms with Crippen LogP contribution in [0.25, 0.3) is 0 Å². The molecule has 0 aromatic carbocycles. The third kappa shape index (κ3) is 6.83. The summed E-state index contributed by atoms with van der Waals surface area (Å²) in [4.78, 5) is 0. The summed E-state index contributed by atoms with van der Waals surface area (Å²) in [5.41, 5.74) is 0. The Labute approximate surface area is 82.6 Å². The molecular weight excluding hydrogens is 158 g/mol. The van der Waals surface area contributed by atoms with Gasteiger partial charge in [-0.1, -0.05) is 38.8 Å². The van der Waals surface area contributed by atoms with Crippen LogP contribution in [0.2, 0.25) is 0 Å². The molecule has 0 aromatic rings. The second kappa shape index (κ2) is 6.20. The van der Waals surface area contributed by atoms with E-state index < -0.39 is 0 Å². The highest BCUT2D eigenvalue weighted by Crippen LogP contribution is 2.33. The van der Waals surface area contributed by atoms with E-state index in [2.05, 4.69) is 31.3 Å². The Kier molecular flexibility index (Phi) is 5.14. The van der Waals surface area contributed by atoms with Gasteiger partial charge >= 0.3 is 0 Å². The van der Waals surface area contributed by atoms with Crippen LogP contribution < -0.4 is 5.32 Å². The number of nitrogens with one attached hydrogen (secondary N) is 1. The maximum atomic E-state index is 3.41. The van der Waals surface area contributed by atoms with Gasteiger partial charge in [0.1, 0.15) is 0 Å². The van der Waals surface area contributed by atoms with Crippen LogP contribution >= 0.6 is 0 Å². The maximum absolute atomic E-state index is 3.41. The predicted molar refractivity (Wildman–Crippen MR) is 58.9 cm³/mol. The third-order valence-corrected chi connectivity index (χ3v) is 2.47. The molecule has 0 atom stereocenters. The zero-order valence-electron chi connectivity index (χ0n) is 9.05. The lowest BCUT2D eigenvalue weighted by atomic mass is 10.2. The Hall–Kier alpha value is -0.300. The van der Waals surface area contributed by atoms with E-state index in [0.717, 1.165) is 12.5 Å². The fraction of sp³-hybridized carbons (Fsp3) is 0.833. The summed E-state index contributed by atoms with van der Waals surface area (Å²) >= 11 is 0. The van der Waals surface area contributed by atoms with Gasteiger partial charge in [-0.15, -0.1) is 0 Å². The molecule has 0 amide bonds. The van der Waals surface area contributed by atoms with E-state index >= 15 is 0 Å². The van der Waals surface area contributed by atoms with Crippen LogP contribution in [-0.4, -0.2) is 12.6 Å². The second-order valence-electron chi connectivity index (χ2n) is 4.39.